The van der Waals surface area contributed by atoms with Crippen LogP contribution in [0.1, 0.15) is 32.4 Å². The number of thiophene rings is 1. The molecule has 2 saturated heterocycles. The number of thiazole rings is 1. The van der Waals surface area contributed by atoms with Crippen LogP contribution in [0.5, 0.6) is 0 Å². The summed E-state index contributed by atoms with van der Waals surface area (Å²) in [6, 6.07) is 6.13. The van der Waals surface area contributed by atoms with Crippen molar-refractivity contribution in [3.05, 3.63) is 45.4 Å². The fourth-order valence-corrected chi connectivity index (χ4v) is 9.76. The maximum absolute atomic E-state index is 13.9. The number of amidine groups is 1. The van der Waals surface area contributed by atoms with E-state index in [-0.39, 0.29) is 47.9 Å². The normalized spacial score (nSPS) is 20.5. The predicted octanol–water partition coefficient (Wildman–Crippen LogP) is 1.39. The molecule has 2 fully saturated rings. The molecule has 42 heavy (non-hydrogen) atoms. The Morgan fingerprint density at radius 3 is 2.67 bits per heavy atom. The van der Waals surface area contributed by atoms with Crippen molar-refractivity contribution in [2.24, 2.45) is 5.73 Å². The molecule has 0 spiro atoms. The van der Waals surface area contributed by atoms with Gasteiger partial charge in [-0.25, -0.2) is 13.4 Å². The van der Waals surface area contributed by atoms with Crippen molar-refractivity contribution >= 4 is 60.4 Å². The van der Waals surface area contributed by atoms with Crippen LogP contribution in [-0.2, 0) is 32.5 Å². The van der Waals surface area contributed by atoms with Crippen molar-refractivity contribution in [3.63, 3.8) is 0 Å². The number of piperazine rings is 1. The Labute approximate surface area is 252 Å². The molecule has 3 aliphatic rings. The number of ether oxygens (including phenoxy) is 1. The third-order valence-corrected chi connectivity index (χ3v) is 12.5. The largest absolute Gasteiger partial charge is 0.384 e. The van der Waals surface area contributed by atoms with Crippen LogP contribution in [0.25, 0.3) is 10.1 Å². The van der Waals surface area contributed by atoms with Gasteiger partial charge >= 0.3 is 0 Å². The molecule has 3 N–H and O–H groups in total. The van der Waals surface area contributed by atoms with E-state index >= 15 is 0 Å². The number of morpholine rings is 1. The minimum atomic E-state index is -3.91. The lowest BCUT2D eigenvalue weighted by molar-refractivity contribution is -0.136. The molecule has 5 heterocycles. The molecule has 1 aromatic carbocycles. The average Bonchev–Trinajstić information content (AvgIpc) is 3.61. The van der Waals surface area contributed by atoms with Crippen LogP contribution >= 0.6 is 22.7 Å². The summed E-state index contributed by atoms with van der Waals surface area (Å²) in [5.74, 6) is -0.472. The third kappa shape index (κ3) is 5.68. The lowest BCUT2D eigenvalue weighted by atomic mass is 10.1. The van der Waals surface area contributed by atoms with Gasteiger partial charge in [0.15, 0.2) is 5.01 Å². The van der Waals surface area contributed by atoms with Crippen LogP contribution in [0.2, 0.25) is 0 Å². The van der Waals surface area contributed by atoms with E-state index in [0.717, 1.165) is 46.1 Å². The molecule has 2 aromatic heterocycles. The molecule has 3 aliphatic heterocycles. The number of rotatable bonds is 6. The topological polar surface area (TPSA) is 153 Å². The van der Waals surface area contributed by atoms with Gasteiger partial charge in [-0.05, 0) is 36.7 Å². The van der Waals surface area contributed by atoms with E-state index in [9.17, 15) is 18.0 Å². The summed E-state index contributed by atoms with van der Waals surface area (Å²) >= 11 is 2.54. The number of sulfonamides is 1. The number of aromatic nitrogens is 1. The number of nitrogens with zero attached hydrogens (tertiary/aromatic N) is 5. The van der Waals surface area contributed by atoms with Crippen LogP contribution in [0.15, 0.2) is 28.5 Å². The van der Waals surface area contributed by atoms with Gasteiger partial charge in [0, 0.05) is 73.8 Å². The second-order valence-corrected chi connectivity index (χ2v) is 15.2. The fraction of sp³-hybridized carbons (Fsp3) is 0.481. The average molecular weight is 632 g/mol. The standard InChI is InChI=1S/C27H33N7O5S3/c1-31-5-4-20-22(16-31)41-26(30-20)27(36)34-7-6-33(15-19(34)14-23(35)32-8-10-39-11-9-32)42(37,38)24-13-18-12-17(25(28)29)2-3-21(18)40-24/h2-3,12-13,19H,4-11,14-16H2,1H3,(H3,28,29). The molecular formula is C27H33N7O5S3. The number of amides is 2. The maximum atomic E-state index is 13.9. The van der Waals surface area contributed by atoms with Crippen LogP contribution in [0.4, 0.5) is 0 Å². The number of nitrogens with one attached hydrogen (secondary N) is 1. The Kier molecular flexibility index (Phi) is 8.06. The van der Waals surface area contributed by atoms with Gasteiger partial charge in [0.25, 0.3) is 15.9 Å². The Bertz CT molecular complexity index is 1650. The number of fused-ring (bicyclic) bond motifs is 2. The molecule has 0 bridgehead atoms. The van der Waals surface area contributed by atoms with Gasteiger partial charge in [-0.15, -0.1) is 22.7 Å². The highest BCUT2D eigenvalue weighted by molar-refractivity contribution is 7.91. The van der Waals surface area contributed by atoms with Crippen LogP contribution in [0.3, 0.4) is 0 Å². The van der Waals surface area contributed by atoms with Gasteiger partial charge < -0.3 is 25.2 Å². The van der Waals surface area contributed by atoms with Crippen molar-refractivity contribution in [1.82, 2.24) is 24.0 Å². The van der Waals surface area contributed by atoms with E-state index in [1.807, 2.05) is 7.05 Å². The number of benzene rings is 1. The zero-order chi connectivity index (χ0) is 29.6. The SMILES string of the molecule is CN1CCc2nc(C(=O)N3CCN(S(=O)(=O)c4cc5cc(C(=N)N)ccc5s4)CC3CC(=O)N3CCOCC3)sc2C1. The van der Waals surface area contributed by atoms with E-state index in [1.54, 1.807) is 34.1 Å². The van der Waals surface area contributed by atoms with Gasteiger partial charge in [-0.1, -0.05) is 0 Å². The first-order valence-corrected chi connectivity index (χ1v) is 16.9. The van der Waals surface area contributed by atoms with E-state index in [4.69, 9.17) is 15.9 Å². The van der Waals surface area contributed by atoms with E-state index in [2.05, 4.69) is 9.88 Å². The first kappa shape index (κ1) is 29.1. The second-order valence-electron chi connectivity index (χ2n) is 10.8. The summed E-state index contributed by atoms with van der Waals surface area (Å²) < 4.78 is 35.4. The highest BCUT2D eigenvalue weighted by Gasteiger charge is 2.40. The van der Waals surface area contributed by atoms with E-state index in [1.165, 1.54) is 15.6 Å². The molecule has 15 heteroatoms. The van der Waals surface area contributed by atoms with Crippen LogP contribution in [0, 0.1) is 5.41 Å². The quantitative estimate of drug-likeness (QED) is 0.306. The summed E-state index contributed by atoms with van der Waals surface area (Å²) in [5.41, 5.74) is 7.09. The maximum Gasteiger partial charge on any atom is 0.283 e. The van der Waals surface area contributed by atoms with Gasteiger partial charge in [0.2, 0.25) is 5.91 Å². The first-order chi connectivity index (χ1) is 20.1. The summed E-state index contributed by atoms with van der Waals surface area (Å²) in [6.45, 7) is 3.74. The Morgan fingerprint density at radius 2 is 1.90 bits per heavy atom. The zero-order valence-corrected chi connectivity index (χ0v) is 25.7. The number of likely N-dealkylation sites (N-methyl/N-ethyl adjacent to an activating group) is 1. The Hall–Kier alpha value is -2.95. The molecule has 0 aliphatic carbocycles. The van der Waals surface area contributed by atoms with Gasteiger partial charge in [0.1, 0.15) is 10.0 Å². The molecular weight excluding hydrogens is 599 g/mol. The molecule has 3 aromatic rings. The molecule has 0 radical (unpaired) electrons. The minimum absolute atomic E-state index is 0.00488. The highest BCUT2D eigenvalue weighted by Crippen LogP contribution is 2.33. The Morgan fingerprint density at radius 1 is 1.12 bits per heavy atom. The summed E-state index contributed by atoms with van der Waals surface area (Å²) in [6.07, 6.45) is 0.795. The number of carbonyl (C=O) groups excluding carboxylic acids is 2. The zero-order valence-electron chi connectivity index (χ0n) is 23.2. The van der Waals surface area contributed by atoms with E-state index < -0.39 is 16.1 Å². The summed E-state index contributed by atoms with van der Waals surface area (Å²) in [5, 5.41) is 8.78. The molecule has 6 rings (SSSR count). The number of hydrogen-bond donors (Lipinski definition) is 2. The molecule has 1 unspecified atom stereocenters. The lowest BCUT2D eigenvalue weighted by Crippen LogP contribution is -2.58. The van der Waals surface area contributed by atoms with Crippen molar-refractivity contribution in [2.45, 2.75) is 29.6 Å². The molecule has 224 valence electrons. The van der Waals surface area contributed by atoms with Gasteiger partial charge in [-0.3, -0.25) is 15.0 Å². The predicted molar refractivity (Wildman–Crippen MR) is 161 cm³/mol. The first-order valence-electron chi connectivity index (χ1n) is 13.8. The Balaban J connectivity index is 1.27. The molecule has 0 saturated carbocycles. The molecule has 12 nitrogen and oxygen atoms in total. The van der Waals surface area contributed by atoms with Gasteiger partial charge in [-0.2, -0.15) is 4.31 Å². The van der Waals surface area contributed by atoms with E-state index in [0.29, 0.717) is 42.3 Å². The van der Waals surface area contributed by atoms with Crippen LogP contribution in [-0.4, -0.2) is 116 Å². The third-order valence-electron chi connectivity index (χ3n) is 7.98. The monoisotopic (exact) mass is 631 g/mol. The van der Waals surface area contributed by atoms with Crippen molar-refractivity contribution in [2.75, 3.05) is 59.5 Å². The van der Waals surface area contributed by atoms with Gasteiger partial charge in [0.05, 0.1) is 24.9 Å². The van der Waals surface area contributed by atoms with Crippen LogP contribution < -0.4 is 5.73 Å². The lowest BCUT2D eigenvalue weighted by Gasteiger charge is -2.41. The number of nitrogen functional groups attached to an aromatic ring is 1. The fourth-order valence-electron chi connectivity index (χ4n) is 5.61. The smallest absolute Gasteiger partial charge is 0.283 e. The van der Waals surface area contributed by atoms with Crippen molar-refractivity contribution in [1.29, 1.82) is 5.41 Å². The second kappa shape index (κ2) is 11.6. The van der Waals surface area contributed by atoms with Crippen molar-refractivity contribution < 1.29 is 22.7 Å². The van der Waals surface area contributed by atoms with Crippen molar-refractivity contribution in [3.8, 4) is 0 Å². The molecule has 1 atom stereocenters. The number of hydrogen-bond acceptors (Lipinski definition) is 10. The molecule has 2 amide bonds. The summed E-state index contributed by atoms with van der Waals surface area (Å²) in [7, 11) is -1.87. The minimum Gasteiger partial charge on any atom is -0.384 e. The highest BCUT2D eigenvalue weighted by atomic mass is 32.2. The summed E-state index contributed by atoms with van der Waals surface area (Å²) in [4.78, 5) is 38.4. The number of carbonyl (C=O) groups is 2. The number of nitrogens with two attached hydrogens (primary N) is 1.